The fourth-order valence-electron chi connectivity index (χ4n) is 2.39. The van der Waals surface area contributed by atoms with Gasteiger partial charge in [0, 0.05) is 18.9 Å². The monoisotopic (exact) mass is 284 g/mol. The summed E-state index contributed by atoms with van der Waals surface area (Å²) in [6.45, 7) is 3.97. The van der Waals surface area contributed by atoms with Crippen LogP contribution in [0, 0.1) is 0 Å². The van der Waals surface area contributed by atoms with Crippen LogP contribution in [0.5, 0.6) is 0 Å². The lowest BCUT2D eigenvalue weighted by Crippen LogP contribution is -2.46. The second kappa shape index (κ2) is 6.85. The molecule has 6 heteroatoms. The first kappa shape index (κ1) is 15.0. The average Bonchev–Trinajstić information content (AvgIpc) is 2.90. The largest absolute Gasteiger partial charge is 0.462 e. The normalized spacial score (nSPS) is 21.6. The minimum absolute atomic E-state index is 0.0118. The minimum atomic E-state index is -0.551. The Kier molecular flexibility index (Phi) is 5.14. The lowest BCUT2D eigenvalue weighted by atomic mass is 10.2. The first-order valence-corrected chi connectivity index (χ1v) is 6.90. The van der Waals surface area contributed by atoms with Crippen LogP contribution in [0.2, 0.25) is 0 Å². The van der Waals surface area contributed by atoms with Crippen LogP contribution in [-0.2, 0) is 28.5 Å². The molecule has 2 fully saturated rings. The molecule has 0 aromatic carbocycles. The Hall–Kier alpha value is -1.40. The highest BCUT2D eigenvalue weighted by molar-refractivity contribution is 5.81. The molecule has 1 heterocycles. The van der Waals surface area contributed by atoms with Crippen LogP contribution in [0.3, 0.4) is 0 Å². The van der Waals surface area contributed by atoms with Crippen LogP contribution in [0.1, 0.15) is 32.1 Å². The molecule has 20 heavy (non-hydrogen) atoms. The summed E-state index contributed by atoms with van der Waals surface area (Å²) in [5.74, 6) is -1.42. The van der Waals surface area contributed by atoms with Crippen LogP contribution in [-0.4, -0.2) is 43.7 Å². The summed E-state index contributed by atoms with van der Waals surface area (Å²) in [5, 5.41) is 0. The topological polar surface area (TPSA) is 71.1 Å². The molecule has 1 aliphatic heterocycles. The standard InChI is InChI=1S/C14H20O6/c1-2-12(15)17-8-5-13(16)20-11-9-18-14(19-10-11)6-3-4-7-14/h2,11H,1,3-10H2. The van der Waals surface area contributed by atoms with E-state index in [0.717, 1.165) is 31.8 Å². The van der Waals surface area contributed by atoms with Gasteiger partial charge in [-0.3, -0.25) is 4.79 Å². The highest BCUT2D eigenvalue weighted by Gasteiger charge is 2.41. The van der Waals surface area contributed by atoms with Crippen LogP contribution < -0.4 is 0 Å². The summed E-state index contributed by atoms with van der Waals surface area (Å²) in [4.78, 5) is 22.3. The molecule has 0 aromatic heterocycles. The summed E-state index contributed by atoms with van der Waals surface area (Å²) in [6.07, 6.45) is 4.72. The minimum Gasteiger partial charge on any atom is -0.462 e. The zero-order valence-electron chi connectivity index (χ0n) is 11.5. The van der Waals surface area contributed by atoms with Crippen molar-refractivity contribution in [3.8, 4) is 0 Å². The first-order valence-electron chi connectivity index (χ1n) is 6.90. The maximum absolute atomic E-state index is 11.5. The van der Waals surface area contributed by atoms with Gasteiger partial charge in [-0.2, -0.15) is 0 Å². The highest BCUT2D eigenvalue weighted by Crippen LogP contribution is 2.36. The van der Waals surface area contributed by atoms with E-state index in [1.54, 1.807) is 0 Å². The molecular weight excluding hydrogens is 264 g/mol. The number of esters is 2. The number of carbonyl (C=O) groups excluding carboxylic acids is 2. The van der Waals surface area contributed by atoms with Gasteiger partial charge in [-0.15, -0.1) is 0 Å². The van der Waals surface area contributed by atoms with Crippen LogP contribution in [0.25, 0.3) is 0 Å². The van der Waals surface area contributed by atoms with Gasteiger partial charge in [-0.05, 0) is 12.8 Å². The van der Waals surface area contributed by atoms with Crippen molar-refractivity contribution in [3.63, 3.8) is 0 Å². The lowest BCUT2D eigenvalue weighted by Gasteiger charge is -2.37. The summed E-state index contributed by atoms with van der Waals surface area (Å²) in [7, 11) is 0. The molecular formula is C14H20O6. The van der Waals surface area contributed by atoms with Crippen LogP contribution in [0.4, 0.5) is 0 Å². The second-order valence-corrected chi connectivity index (χ2v) is 4.97. The Morgan fingerprint density at radius 1 is 1.25 bits per heavy atom. The van der Waals surface area contributed by atoms with Crippen molar-refractivity contribution in [2.24, 2.45) is 0 Å². The van der Waals surface area contributed by atoms with Crippen LogP contribution >= 0.6 is 0 Å². The smallest absolute Gasteiger partial charge is 0.330 e. The Labute approximate surface area is 118 Å². The van der Waals surface area contributed by atoms with Gasteiger partial charge < -0.3 is 18.9 Å². The molecule has 1 saturated heterocycles. The molecule has 2 aliphatic rings. The van der Waals surface area contributed by atoms with E-state index in [-0.39, 0.29) is 19.1 Å². The molecule has 0 bridgehead atoms. The van der Waals surface area contributed by atoms with E-state index in [1.807, 2.05) is 0 Å². The number of rotatable bonds is 5. The SMILES string of the molecule is C=CC(=O)OCCC(=O)OC1COC2(CCCC2)OC1. The second-order valence-electron chi connectivity index (χ2n) is 4.97. The van der Waals surface area contributed by atoms with E-state index in [1.165, 1.54) is 0 Å². The number of hydrogen-bond acceptors (Lipinski definition) is 6. The summed E-state index contributed by atoms with van der Waals surface area (Å²) < 4.78 is 21.3. The number of ether oxygens (including phenoxy) is 4. The van der Waals surface area contributed by atoms with Gasteiger partial charge in [0.05, 0.1) is 19.6 Å². The molecule has 2 rings (SSSR count). The maximum Gasteiger partial charge on any atom is 0.330 e. The number of carbonyl (C=O) groups is 2. The van der Waals surface area contributed by atoms with Gasteiger partial charge in [0.15, 0.2) is 5.79 Å². The zero-order valence-corrected chi connectivity index (χ0v) is 11.5. The molecule has 1 spiro atoms. The van der Waals surface area contributed by atoms with Gasteiger partial charge in [-0.25, -0.2) is 4.79 Å². The molecule has 1 aliphatic carbocycles. The van der Waals surface area contributed by atoms with Gasteiger partial charge in [0.2, 0.25) is 0 Å². The van der Waals surface area contributed by atoms with Crippen molar-refractivity contribution in [2.45, 2.75) is 44.0 Å². The van der Waals surface area contributed by atoms with Crippen molar-refractivity contribution in [2.75, 3.05) is 19.8 Å². The molecule has 112 valence electrons. The van der Waals surface area contributed by atoms with E-state index in [4.69, 9.17) is 18.9 Å². The van der Waals surface area contributed by atoms with Gasteiger partial charge in [0.1, 0.15) is 12.7 Å². The van der Waals surface area contributed by atoms with Crippen molar-refractivity contribution in [1.29, 1.82) is 0 Å². The molecule has 0 N–H and O–H groups in total. The Morgan fingerprint density at radius 3 is 2.50 bits per heavy atom. The van der Waals surface area contributed by atoms with Crippen LogP contribution in [0.15, 0.2) is 12.7 Å². The van der Waals surface area contributed by atoms with E-state index in [2.05, 4.69) is 6.58 Å². The fraction of sp³-hybridized carbons (Fsp3) is 0.714. The van der Waals surface area contributed by atoms with E-state index < -0.39 is 17.7 Å². The molecule has 0 atom stereocenters. The Balaban J connectivity index is 1.63. The van der Waals surface area contributed by atoms with Crippen molar-refractivity contribution in [1.82, 2.24) is 0 Å². The summed E-state index contributed by atoms with van der Waals surface area (Å²) in [6, 6.07) is 0. The summed E-state index contributed by atoms with van der Waals surface area (Å²) in [5.41, 5.74) is 0. The molecule has 0 amide bonds. The zero-order chi connectivity index (χ0) is 14.4. The molecule has 1 saturated carbocycles. The maximum atomic E-state index is 11.5. The molecule has 0 aromatic rings. The number of hydrogen-bond donors (Lipinski definition) is 0. The predicted octanol–water partition coefficient (Wildman–Crippen LogP) is 1.33. The fourth-order valence-corrected chi connectivity index (χ4v) is 2.39. The lowest BCUT2D eigenvalue weighted by molar-refractivity contribution is -0.290. The van der Waals surface area contributed by atoms with Crippen molar-refractivity contribution < 1.29 is 28.5 Å². The van der Waals surface area contributed by atoms with Crippen molar-refractivity contribution >= 4 is 11.9 Å². The third-order valence-electron chi connectivity index (χ3n) is 3.45. The molecule has 0 unspecified atom stereocenters. The predicted molar refractivity (Wildman–Crippen MR) is 68.8 cm³/mol. The highest BCUT2D eigenvalue weighted by atomic mass is 16.7. The van der Waals surface area contributed by atoms with Gasteiger partial charge in [-0.1, -0.05) is 6.58 Å². The molecule has 6 nitrogen and oxygen atoms in total. The van der Waals surface area contributed by atoms with Gasteiger partial charge in [0.25, 0.3) is 0 Å². The van der Waals surface area contributed by atoms with Crippen molar-refractivity contribution in [3.05, 3.63) is 12.7 Å². The summed E-state index contributed by atoms with van der Waals surface area (Å²) >= 11 is 0. The van der Waals surface area contributed by atoms with E-state index in [9.17, 15) is 9.59 Å². The Morgan fingerprint density at radius 2 is 1.90 bits per heavy atom. The van der Waals surface area contributed by atoms with Gasteiger partial charge >= 0.3 is 11.9 Å². The quantitative estimate of drug-likeness (QED) is 0.560. The Bertz CT molecular complexity index is 362. The third-order valence-corrected chi connectivity index (χ3v) is 3.45. The van der Waals surface area contributed by atoms with E-state index >= 15 is 0 Å². The van der Waals surface area contributed by atoms with E-state index in [0.29, 0.717) is 13.2 Å². The first-order chi connectivity index (χ1) is 9.63. The average molecular weight is 284 g/mol. The molecule has 0 radical (unpaired) electrons. The third kappa shape index (κ3) is 4.05.